The van der Waals surface area contributed by atoms with Crippen LogP contribution in [0, 0.1) is 5.41 Å². The van der Waals surface area contributed by atoms with Crippen LogP contribution in [-0.2, 0) is 0 Å². The van der Waals surface area contributed by atoms with Gasteiger partial charge in [0.05, 0.1) is 0 Å². The summed E-state index contributed by atoms with van der Waals surface area (Å²) in [6.45, 7) is 0. The van der Waals surface area contributed by atoms with Crippen LogP contribution in [-0.4, -0.2) is 23.8 Å². The molecular weight excluding hydrogens is 226 g/mol. The maximum Gasteiger partial charge on any atom is 0.323 e. The fraction of sp³-hybridized carbons (Fsp3) is 0.143. The van der Waals surface area contributed by atoms with Crippen LogP contribution in [0.15, 0.2) is 42.5 Å². The van der Waals surface area contributed by atoms with E-state index < -0.39 is 0 Å². The van der Waals surface area contributed by atoms with E-state index in [1.807, 2.05) is 42.5 Å². The van der Waals surface area contributed by atoms with E-state index in [2.05, 4.69) is 5.32 Å². The molecule has 4 heteroatoms. The van der Waals surface area contributed by atoms with Gasteiger partial charge in [0, 0.05) is 7.05 Å². The summed E-state index contributed by atoms with van der Waals surface area (Å²) >= 11 is 0. The number of amidine groups is 1. The van der Waals surface area contributed by atoms with Gasteiger partial charge < -0.3 is 4.90 Å². The van der Waals surface area contributed by atoms with Gasteiger partial charge >= 0.3 is 6.03 Å². The average molecular weight is 239 g/mol. The molecule has 1 heterocycles. The Morgan fingerprint density at radius 2 is 1.89 bits per heavy atom. The summed E-state index contributed by atoms with van der Waals surface area (Å²) in [6, 6.07) is 13.6. The molecule has 2 N–H and O–H groups in total. The molecule has 0 saturated carbocycles. The molecule has 1 unspecified atom stereocenters. The van der Waals surface area contributed by atoms with Gasteiger partial charge in [-0.2, -0.15) is 0 Å². The zero-order valence-electron chi connectivity index (χ0n) is 9.97. The van der Waals surface area contributed by atoms with Crippen molar-refractivity contribution in [3.05, 3.63) is 48.0 Å². The predicted octanol–water partition coefficient (Wildman–Crippen LogP) is 2.51. The first-order valence-corrected chi connectivity index (χ1v) is 5.78. The van der Waals surface area contributed by atoms with E-state index in [0.717, 1.165) is 16.3 Å². The third-order valence-electron chi connectivity index (χ3n) is 3.31. The minimum atomic E-state index is -0.304. The molecule has 2 aromatic rings. The van der Waals surface area contributed by atoms with Crippen molar-refractivity contribution in [2.24, 2.45) is 0 Å². The molecule has 1 aliphatic rings. The van der Waals surface area contributed by atoms with E-state index in [9.17, 15) is 4.79 Å². The fourth-order valence-corrected chi connectivity index (χ4v) is 2.35. The number of carbonyl (C=O) groups excluding carboxylic acids is 1. The number of urea groups is 1. The zero-order chi connectivity index (χ0) is 12.7. The summed E-state index contributed by atoms with van der Waals surface area (Å²) < 4.78 is 0. The van der Waals surface area contributed by atoms with E-state index >= 15 is 0 Å². The fourth-order valence-electron chi connectivity index (χ4n) is 2.35. The summed E-state index contributed by atoms with van der Waals surface area (Å²) in [7, 11) is 1.71. The summed E-state index contributed by atoms with van der Waals surface area (Å²) in [6.07, 6.45) is 0. The second kappa shape index (κ2) is 3.84. The van der Waals surface area contributed by atoms with Crippen molar-refractivity contribution in [1.82, 2.24) is 10.2 Å². The van der Waals surface area contributed by atoms with Gasteiger partial charge in [0.2, 0.25) is 0 Å². The van der Waals surface area contributed by atoms with Crippen LogP contribution in [0.1, 0.15) is 11.6 Å². The SMILES string of the molecule is CN1C(=O)NC(=N)C1c1ccc2ccccc2c1. The topological polar surface area (TPSA) is 56.2 Å². The quantitative estimate of drug-likeness (QED) is 0.789. The highest BCUT2D eigenvalue weighted by atomic mass is 16.2. The summed E-state index contributed by atoms with van der Waals surface area (Å²) in [4.78, 5) is 13.1. The van der Waals surface area contributed by atoms with E-state index in [0.29, 0.717) is 0 Å². The molecule has 0 aromatic heterocycles. The minimum absolute atomic E-state index is 0.224. The maximum absolute atomic E-state index is 11.5. The van der Waals surface area contributed by atoms with Crippen LogP contribution >= 0.6 is 0 Å². The van der Waals surface area contributed by atoms with Crippen molar-refractivity contribution < 1.29 is 4.79 Å². The highest BCUT2D eigenvalue weighted by molar-refractivity contribution is 6.06. The number of hydrogen-bond acceptors (Lipinski definition) is 2. The maximum atomic E-state index is 11.5. The number of fused-ring (bicyclic) bond motifs is 1. The lowest BCUT2D eigenvalue weighted by atomic mass is 10.0. The monoisotopic (exact) mass is 239 g/mol. The van der Waals surface area contributed by atoms with Gasteiger partial charge in [-0.1, -0.05) is 36.4 Å². The number of nitrogens with one attached hydrogen (secondary N) is 2. The van der Waals surface area contributed by atoms with Gasteiger partial charge in [-0.15, -0.1) is 0 Å². The minimum Gasteiger partial charge on any atom is -0.313 e. The van der Waals surface area contributed by atoms with Gasteiger partial charge in [0.25, 0.3) is 0 Å². The molecule has 3 rings (SSSR count). The van der Waals surface area contributed by atoms with Crippen molar-refractivity contribution in [3.8, 4) is 0 Å². The largest absolute Gasteiger partial charge is 0.323 e. The molecule has 1 atom stereocenters. The van der Waals surface area contributed by atoms with Crippen molar-refractivity contribution in [2.75, 3.05) is 7.05 Å². The summed E-state index contributed by atoms with van der Waals surface area (Å²) in [5, 5.41) is 12.7. The molecule has 0 bridgehead atoms. The smallest absolute Gasteiger partial charge is 0.313 e. The highest BCUT2D eigenvalue weighted by Gasteiger charge is 2.33. The van der Waals surface area contributed by atoms with Gasteiger partial charge in [-0.05, 0) is 22.4 Å². The van der Waals surface area contributed by atoms with Gasteiger partial charge in [-0.3, -0.25) is 10.7 Å². The van der Waals surface area contributed by atoms with Crippen LogP contribution < -0.4 is 5.32 Å². The first-order chi connectivity index (χ1) is 8.66. The Labute approximate surface area is 105 Å². The first-order valence-electron chi connectivity index (χ1n) is 5.78. The summed E-state index contributed by atoms with van der Waals surface area (Å²) in [5.74, 6) is 0.234. The third-order valence-corrected chi connectivity index (χ3v) is 3.31. The van der Waals surface area contributed by atoms with Gasteiger partial charge in [0.15, 0.2) is 0 Å². The Kier molecular flexibility index (Phi) is 2.30. The number of benzene rings is 2. The molecule has 0 spiro atoms. The standard InChI is InChI=1S/C14H13N3O/c1-17-12(13(15)16-14(17)18)11-7-6-9-4-2-3-5-10(9)8-11/h2-8,12H,1H3,(H2,15,16,18). The Morgan fingerprint density at radius 3 is 2.56 bits per heavy atom. The summed E-state index contributed by atoms with van der Waals surface area (Å²) in [5.41, 5.74) is 0.958. The molecule has 2 amide bonds. The van der Waals surface area contributed by atoms with Crippen molar-refractivity contribution in [1.29, 1.82) is 5.41 Å². The zero-order valence-corrected chi connectivity index (χ0v) is 9.97. The second-order valence-corrected chi connectivity index (χ2v) is 4.46. The van der Waals surface area contributed by atoms with Crippen LogP contribution in [0.2, 0.25) is 0 Å². The molecule has 18 heavy (non-hydrogen) atoms. The molecular formula is C14H13N3O. The Bertz CT molecular complexity index is 650. The molecule has 0 aliphatic carbocycles. The van der Waals surface area contributed by atoms with E-state index in [4.69, 9.17) is 5.41 Å². The van der Waals surface area contributed by atoms with Crippen LogP contribution in [0.25, 0.3) is 10.8 Å². The molecule has 1 fully saturated rings. The van der Waals surface area contributed by atoms with E-state index in [1.165, 1.54) is 0 Å². The molecule has 0 radical (unpaired) electrons. The Balaban J connectivity index is 2.09. The Morgan fingerprint density at radius 1 is 1.17 bits per heavy atom. The molecule has 90 valence electrons. The lowest BCUT2D eigenvalue weighted by Crippen LogP contribution is -2.25. The average Bonchev–Trinajstić information content (AvgIpc) is 2.63. The van der Waals surface area contributed by atoms with E-state index in [1.54, 1.807) is 11.9 Å². The van der Waals surface area contributed by atoms with Gasteiger partial charge in [-0.25, -0.2) is 4.79 Å². The van der Waals surface area contributed by atoms with Crippen molar-refractivity contribution >= 4 is 22.6 Å². The Hall–Kier alpha value is -2.36. The number of amides is 2. The molecule has 4 nitrogen and oxygen atoms in total. The lowest BCUT2D eigenvalue weighted by molar-refractivity contribution is 0.217. The van der Waals surface area contributed by atoms with Crippen molar-refractivity contribution in [3.63, 3.8) is 0 Å². The number of likely N-dealkylation sites (N-methyl/N-ethyl adjacent to an activating group) is 1. The van der Waals surface area contributed by atoms with Gasteiger partial charge in [0.1, 0.15) is 11.9 Å². The predicted molar refractivity (Wildman–Crippen MR) is 70.7 cm³/mol. The van der Waals surface area contributed by atoms with E-state index in [-0.39, 0.29) is 17.9 Å². The second-order valence-electron chi connectivity index (χ2n) is 4.46. The number of hydrogen-bond donors (Lipinski definition) is 2. The molecule has 1 saturated heterocycles. The first kappa shape index (κ1) is 10.8. The lowest BCUT2D eigenvalue weighted by Gasteiger charge is -2.18. The number of rotatable bonds is 1. The van der Waals surface area contributed by atoms with Crippen LogP contribution in [0.3, 0.4) is 0 Å². The normalized spacial score (nSPS) is 19.4. The highest BCUT2D eigenvalue weighted by Crippen LogP contribution is 2.27. The number of carbonyl (C=O) groups is 1. The molecule has 1 aliphatic heterocycles. The van der Waals surface area contributed by atoms with Crippen LogP contribution in [0.4, 0.5) is 4.79 Å². The number of nitrogens with zero attached hydrogens (tertiary/aromatic N) is 1. The van der Waals surface area contributed by atoms with Crippen molar-refractivity contribution in [2.45, 2.75) is 6.04 Å². The van der Waals surface area contributed by atoms with Crippen LogP contribution in [0.5, 0.6) is 0 Å². The third kappa shape index (κ3) is 1.54. The molecule has 2 aromatic carbocycles.